The fourth-order valence-corrected chi connectivity index (χ4v) is 4.58. The molecular weight excluding hydrogens is 558 g/mol. The van der Waals surface area contributed by atoms with Gasteiger partial charge in [0.25, 0.3) is 0 Å². The van der Waals surface area contributed by atoms with Crippen molar-refractivity contribution in [2.45, 2.75) is 50.8 Å². The number of pyridine rings is 1. The van der Waals surface area contributed by atoms with Crippen molar-refractivity contribution in [2.75, 3.05) is 32.8 Å². The molecule has 1 spiro atoms. The molecular formula is C23H28F6N4O5S. The maximum atomic E-state index is 10.6. The molecule has 4 heterocycles. The normalized spacial score (nSPS) is 17.9. The molecule has 0 amide bonds. The molecule has 2 aliphatic heterocycles. The number of nitrogens with zero attached hydrogens (tertiary/aromatic N) is 4. The van der Waals surface area contributed by atoms with Gasteiger partial charge in [-0.3, -0.25) is 14.8 Å². The molecule has 0 radical (unpaired) electrons. The molecule has 0 aromatic carbocycles. The number of carboxylic acid groups (broad SMARTS) is 2. The summed E-state index contributed by atoms with van der Waals surface area (Å²) in [4.78, 5) is 31.9. The quantitative estimate of drug-likeness (QED) is 0.514. The Morgan fingerprint density at radius 3 is 2.08 bits per heavy atom. The molecule has 2 fully saturated rings. The Hall–Kier alpha value is -2.82. The van der Waals surface area contributed by atoms with Crippen molar-refractivity contribution >= 4 is 23.3 Å². The number of aromatic nitrogens is 2. The van der Waals surface area contributed by atoms with E-state index in [1.165, 1.54) is 10.7 Å². The Balaban J connectivity index is 0.000000317. The third-order valence-corrected chi connectivity index (χ3v) is 6.52. The number of thiazole rings is 1. The molecule has 2 N–H and O–H groups in total. The van der Waals surface area contributed by atoms with E-state index >= 15 is 0 Å². The van der Waals surface area contributed by atoms with Crippen LogP contribution in [0.25, 0.3) is 0 Å². The summed E-state index contributed by atoms with van der Waals surface area (Å²) in [5, 5.41) is 17.5. The van der Waals surface area contributed by atoms with E-state index in [1.54, 1.807) is 11.3 Å². The van der Waals surface area contributed by atoms with Gasteiger partial charge in [-0.1, -0.05) is 6.07 Å². The largest absolute Gasteiger partial charge is 0.490 e. The summed E-state index contributed by atoms with van der Waals surface area (Å²) in [7, 11) is 0. The van der Waals surface area contributed by atoms with Gasteiger partial charge in [0, 0.05) is 50.0 Å². The second-order valence-electron chi connectivity index (χ2n) is 8.82. The van der Waals surface area contributed by atoms with E-state index in [2.05, 4.69) is 50.3 Å². The van der Waals surface area contributed by atoms with E-state index in [-0.39, 0.29) is 5.60 Å². The summed E-state index contributed by atoms with van der Waals surface area (Å²) in [5.74, 6) is -5.51. The molecule has 0 atom stereocenters. The fraction of sp³-hybridized carbons (Fsp3) is 0.565. The zero-order valence-corrected chi connectivity index (χ0v) is 21.7. The van der Waals surface area contributed by atoms with Gasteiger partial charge < -0.3 is 14.9 Å². The highest BCUT2D eigenvalue weighted by Crippen LogP contribution is 2.31. The number of carbonyl (C=O) groups is 2. The Morgan fingerprint density at radius 1 is 1.00 bits per heavy atom. The number of carboxylic acids is 2. The van der Waals surface area contributed by atoms with E-state index in [4.69, 9.17) is 24.5 Å². The van der Waals surface area contributed by atoms with E-state index < -0.39 is 24.3 Å². The van der Waals surface area contributed by atoms with Gasteiger partial charge in [0.2, 0.25) is 0 Å². The minimum Gasteiger partial charge on any atom is -0.475 e. The molecule has 39 heavy (non-hydrogen) atoms. The minimum atomic E-state index is -5.08. The number of likely N-dealkylation sites (tertiary alicyclic amines) is 1. The standard InChI is InChI=1S/C19H26N4OS.2C2HF3O2/c1-16-3-2-4-17(21-16)13-22-8-5-19(6-9-22)15-23(10-11-24-19)14-18-20-7-12-25-18;2*3-2(4,5)1(6)7/h2-4,7,12H,5-6,8-11,13-15H2,1H3;2*(H,6,7). The van der Waals surface area contributed by atoms with Crippen LogP contribution in [-0.4, -0.2) is 92.7 Å². The fourth-order valence-electron chi connectivity index (χ4n) is 3.92. The Morgan fingerprint density at radius 2 is 1.59 bits per heavy atom. The highest BCUT2D eigenvalue weighted by Gasteiger charge is 2.40. The number of morpholine rings is 1. The number of ether oxygens (including phenoxy) is 1. The van der Waals surface area contributed by atoms with Crippen molar-refractivity contribution in [3.63, 3.8) is 0 Å². The van der Waals surface area contributed by atoms with Crippen LogP contribution in [0.5, 0.6) is 0 Å². The third kappa shape index (κ3) is 11.4. The first kappa shape index (κ1) is 32.4. The third-order valence-electron chi connectivity index (χ3n) is 5.75. The lowest BCUT2D eigenvalue weighted by Gasteiger charge is -2.47. The molecule has 9 nitrogen and oxygen atoms in total. The Kier molecular flexibility index (Phi) is 11.6. The van der Waals surface area contributed by atoms with Crippen molar-refractivity contribution < 1.29 is 50.9 Å². The van der Waals surface area contributed by atoms with Gasteiger partial charge >= 0.3 is 24.3 Å². The Bertz CT molecular complexity index is 1040. The molecule has 218 valence electrons. The molecule has 0 unspecified atom stereocenters. The predicted molar refractivity (Wildman–Crippen MR) is 127 cm³/mol. The number of rotatable bonds is 4. The lowest BCUT2D eigenvalue weighted by atomic mass is 9.89. The molecule has 0 bridgehead atoms. The Labute approximate surface area is 224 Å². The monoisotopic (exact) mass is 586 g/mol. The van der Waals surface area contributed by atoms with Crippen molar-refractivity contribution in [1.82, 2.24) is 19.8 Å². The maximum Gasteiger partial charge on any atom is 0.490 e. The molecule has 2 aromatic rings. The average Bonchev–Trinajstić information content (AvgIpc) is 3.34. The van der Waals surface area contributed by atoms with Crippen LogP contribution in [0.15, 0.2) is 29.8 Å². The summed E-state index contributed by atoms with van der Waals surface area (Å²) in [5.41, 5.74) is 2.30. The molecule has 2 aromatic heterocycles. The van der Waals surface area contributed by atoms with E-state index in [1.807, 2.05) is 6.20 Å². The van der Waals surface area contributed by atoms with Gasteiger partial charge in [0.1, 0.15) is 5.01 Å². The summed E-state index contributed by atoms with van der Waals surface area (Å²) >= 11 is 1.75. The van der Waals surface area contributed by atoms with E-state index in [0.29, 0.717) is 0 Å². The SMILES string of the molecule is Cc1cccc(CN2CCC3(CC2)CN(Cc2nccs2)CCO3)n1.O=C(O)C(F)(F)F.O=C(O)C(F)(F)F. The molecule has 2 aliphatic rings. The molecule has 0 aliphatic carbocycles. The number of alkyl halides is 6. The predicted octanol–water partition coefficient (Wildman–Crippen LogP) is 3.98. The van der Waals surface area contributed by atoms with Gasteiger partial charge in [-0.15, -0.1) is 11.3 Å². The van der Waals surface area contributed by atoms with Crippen molar-refractivity contribution in [2.24, 2.45) is 0 Å². The summed E-state index contributed by atoms with van der Waals surface area (Å²) in [6, 6.07) is 6.29. The van der Waals surface area contributed by atoms with Crippen molar-refractivity contribution in [3.8, 4) is 0 Å². The maximum absolute atomic E-state index is 10.6. The lowest BCUT2D eigenvalue weighted by Crippen LogP contribution is -2.56. The number of hydrogen-bond donors (Lipinski definition) is 2. The first-order chi connectivity index (χ1) is 18.1. The second kappa shape index (κ2) is 14.0. The highest BCUT2D eigenvalue weighted by molar-refractivity contribution is 7.09. The highest BCUT2D eigenvalue weighted by atomic mass is 32.1. The van der Waals surface area contributed by atoms with Crippen LogP contribution >= 0.6 is 11.3 Å². The van der Waals surface area contributed by atoms with Crippen molar-refractivity contribution in [1.29, 1.82) is 0 Å². The van der Waals surface area contributed by atoms with E-state index in [0.717, 1.165) is 64.4 Å². The second-order valence-corrected chi connectivity index (χ2v) is 9.80. The molecule has 2 saturated heterocycles. The van der Waals surface area contributed by atoms with Crippen LogP contribution in [0.1, 0.15) is 29.2 Å². The van der Waals surface area contributed by atoms with Crippen LogP contribution in [0.4, 0.5) is 26.3 Å². The van der Waals surface area contributed by atoms with Gasteiger partial charge in [0.05, 0.1) is 24.4 Å². The average molecular weight is 587 g/mol. The van der Waals surface area contributed by atoms with Gasteiger partial charge in [0.15, 0.2) is 0 Å². The lowest BCUT2D eigenvalue weighted by molar-refractivity contribution is -0.193. The van der Waals surface area contributed by atoms with Crippen LogP contribution in [0, 0.1) is 6.92 Å². The number of aryl methyl sites for hydroxylation is 1. The van der Waals surface area contributed by atoms with Crippen molar-refractivity contribution in [3.05, 3.63) is 46.2 Å². The zero-order valence-electron chi connectivity index (χ0n) is 20.8. The molecule has 4 rings (SSSR count). The van der Waals surface area contributed by atoms with Gasteiger partial charge in [-0.25, -0.2) is 14.6 Å². The summed E-state index contributed by atoms with van der Waals surface area (Å²) in [6.07, 6.45) is -6.06. The van der Waals surface area contributed by atoms with Gasteiger partial charge in [-0.2, -0.15) is 26.3 Å². The topological polar surface area (TPSA) is 116 Å². The number of piperidine rings is 1. The molecule has 0 saturated carbocycles. The number of halogens is 6. The summed E-state index contributed by atoms with van der Waals surface area (Å²) in [6.45, 7) is 9.01. The summed E-state index contributed by atoms with van der Waals surface area (Å²) < 4.78 is 69.7. The zero-order chi connectivity index (χ0) is 29.3. The minimum absolute atomic E-state index is 0.0338. The first-order valence-corrected chi connectivity index (χ1v) is 12.5. The number of hydrogen-bond acceptors (Lipinski definition) is 8. The number of aliphatic carboxylic acids is 2. The first-order valence-electron chi connectivity index (χ1n) is 11.6. The van der Waals surface area contributed by atoms with Crippen LogP contribution in [0.2, 0.25) is 0 Å². The van der Waals surface area contributed by atoms with Crippen LogP contribution < -0.4 is 0 Å². The molecule has 16 heteroatoms. The van der Waals surface area contributed by atoms with E-state index in [9.17, 15) is 26.3 Å². The van der Waals surface area contributed by atoms with Crippen LogP contribution in [0.3, 0.4) is 0 Å². The van der Waals surface area contributed by atoms with Crippen LogP contribution in [-0.2, 0) is 27.4 Å². The van der Waals surface area contributed by atoms with Gasteiger partial charge in [-0.05, 0) is 31.9 Å². The smallest absolute Gasteiger partial charge is 0.475 e.